The maximum atomic E-state index is 13.1. The molecule has 12 heteroatoms. The Balaban J connectivity index is 2.61. The molecular weight excluding hydrogens is 925 g/mol. The SMILES string of the molecule is CCCCCCCCCCCCCCCCCCCCCC(=O)OCC(COC1OC(C(=O)O)C(O)C(O)C1OC(=O)CCCCCCCCCCC)OC(=O)CCCCCCCCCCCCCCCCC. The van der Waals surface area contributed by atoms with E-state index in [2.05, 4.69) is 20.8 Å². The highest BCUT2D eigenvalue weighted by molar-refractivity contribution is 5.74. The van der Waals surface area contributed by atoms with E-state index in [9.17, 15) is 34.5 Å². The highest BCUT2D eigenvalue weighted by Gasteiger charge is 2.50. The summed E-state index contributed by atoms with van der Waals surface area (Å²) in [4.78, 5) is 51.0. The van der Waals surface area contributed by atoms with Gasteiger partial charge in [-0.1, -0.05) is 278 Å². The van der Waals surface area contributed by atoms with Crippen LogP contribution < -0.4 is 0 Å². The summed E-state index contributed by atoms with van der Waals surface area (Å²) in [5.41, 5.74) is 0. The Labute approximate surface area is 446 Å². The molecule has 0 aromatic rings. The summed E-state index contributed by atoms with van der Waals surface area (Å²) >= 11 is 0. The third-order valence-electron chi connectivity index (χ3n) is 14.7. The molecule has 0 amide bonds. The number of carbonyl (C=O) groups excluding carboxylic acids is 3. The molecule has 0 bridgehead atoms. The van der Waals surface area contributed by atoms with Crippen LogP contribution in [0.2, 0.25) is 0 Å². The number of carboxylic acids is 1. The lowest BCUT2D eigenvalue weighted by Gasteiger charge is -2.40. The van der Waals surface area contributed by atoms with Crippen LogP contribution in [-0.2, 0) is 42.9 Å². The summed E-state index contributed by atoms with van der Waals surface area (Å²) in [6, 6.07) is 0. The maximum Gasteiger partial charge on any atom is 0.335 e. The first-order valence-electron chi connectivity index (χ1n) is 31.0. The second kappa shape index (κ2) is 50.5. The number of aliphatic carboxylic acids is 1. The van der Waals surface area contributed by atoms with Crippen LogP contribution in [0.5, 0.6) is 0 Å². The topological polar surface area (TPSA) is 175 Å². The first kappa shape index (κ1) is 68.7. The summed E-state index contributed by atoms with van der Waals surface area (Å²) in [5.74, 6) is -3.07. The van der Waals surface area contributed by atoms with Crippen LogP contribution in [0.15, 0.2) is 0 Å². The minimum atomic E-state index is -1.89. The number of hydrogen-bond donors (Lipinski definition) is 3. The van der Waals surface area contributed by atoms with E-state index in [-0.39, 0.29) is 25.9 Å². The van der Waals surface area contributed by atoms with Crippen molar-refractivity contribution in [3.8, 4) is 0 Å². The van der Waals surface area contributed by atoms with Gasteiger partial charge in [-0.3, -0.25) is 14.4 Å². The number of aliphatic hydroxyl groups is 2. The number of rotatable bonds is 54. The molecule has 1 aliphatic heterocycles. The van der Waals surface area contributed by atoms with Crippen LogP contribution in [0.3, 0.4) is 0 Å². The molecule has 0 aromatic heterocycles. The molecule has 0 spiro atoms. The molecule has 0 saturated carbocycles. The standard InChI is InChI=1S/C61H114O12/c1-4-7-10-13-16-19-21-23-25-26-27-28-30-31-33-36-38-41-44-47-53(62)69-50-52(71-54(63)48-45-42-40-37-34-32-29-24-22-20-17-14-11-8-5-2)51-70-61-59(57(66)56(65)58(73-61)60(67)68)72-55(64)49-46-43-39-35-18-15-12-9-6-3/h52,56-59,61,65-66H,4-51H2,1-3H3,(H,67,68). The molecule has 12 nitrogen and oxygen atoms in total. The van der Waals surface area contributed by atoms with E-state index in [0.29, 0.717) is 19.3 Å². The van der Waals surface area contributed by atoms with Gasteiger partial charge in [0.1, 0.15) is 18.8 Å². The van der Waals surface area contributed by atoms with Crippen LogP contribution in [-0.4, -0.2) is 89.2 Å². The fourth-order valence-corrected chi connectivity index (χ4v) is 9.90. The second-order valence-electron chi connectivity index (χ2n) is 21.7. The number of ether oxygens (including phenoxy) is 5. The van der Waals surface area contributed by atoms with Gasteiger partial charge in [-0.25, -0.2) is 4.79 Å². The van der Waals surface area contributed by atoms with E-state index >= 15 is 0 Å². The minimum absolute atomic E-state index is 0.0687. The Hall–Kier alpha value is -2.28. The summed E-state index contributed by atoms with van der Waals surface area (Å²) in [7, 11) is 0. The molecule has 1 fully saturated rings. The van der Waals surface area contributed by atoms with Crippen molar-refractivity contribution < 1.29 is 58.2 Å². The molecule has 1 saturated heterocycles. The first-order valence-corrected chi connectivity index (χ1v) is 31.0. The van der Waals surface area contributed by atoms with Gasteiger partial charge in [-0.15, -0.1) is 0 Å². The molecule has 1 heterocycles. The number of unbranched alkanes of at least 4 members (excludes halogenated alkanes) is 40. The Morgan fingerprint density at radius 3 is 1.03 bits per heavy atom. The Morgan fingerprint density at radius 2 is 0.699 bits per heavy atom. The average Bonchev–Trinajstić information content (AvgIpc) is 3.37. The Bertz CT molecular complexity index is 1280. The van der Waals surface area contributed by atoms with E-state index in [0.717, 1.165) is 64.2 Å². The number of aliphatic hydroxyl groups excluding tert-OH is 2. The monoisotopic (exact) mass is 1040 g/mol. The summed E-state index contributed by atoms with van der Waals surface area (Å²) in [5, 5.41) is 31.4. The van der Waals surface area contributed by atoms with Gasteiger partial charge in [0.25, 0.3) is 0 Å². The van der Waals surface area contributed by atoms with Crippen LogP contribution in [0, 0.1) is 0 Å². The number of esters is 3. The van der Waals surface area contributed by atoms with Gasteiger partial charge >= 0.3 is 23.9 Å². The van der Waals surface area contributed by atoms with E-state index in [1.54, 1.807) is 0 Å². The molecule has 3 N–H and O–H groups in total. The van der Waals surface area contributed by atoms with Crippen molar-refractivity contribution in [1.29, 1.82) is 0 Å². The number of carbonyl (C=O) groups is 4. The lowest BCUT2D eigenvalue weighted by atomic mass is 9.98. The van der Waals surface area contributed by atoms with Crippen molar-refractivity contribution >= 4 is 23.9 Å². The zero-order chi connectivity index (χ0) is 53.3. The molecule has 430 valence electrons. The highest BCUT2D eigenvalue weighted by atomic mass is 16.7. The van der Waals surface area contributed by atoms with Crippen LogP contribution in [0.25, 0.3) is 0 Å². The Kier molecular flexibility index (Phi) is 47.6. The maximum absolute atomic E-state index is 13.1. The molecule has 1 rings (SSSR count). The molecule has 1 aliphatic rings. The average molecular weight is 1040 g/mol. The molecule has 0 aliphatic carbocycles. The van der Waals surface area contributed by atoms with E-state index < -0.39 is 67.3 Å². The van der Waals surface area contributed by atoms with Crippen molar-refractivity contribution in [3.63, 3.8) is 0 Å². The summed E-state index contributed by atoms with van der Waals surface area (Å²) in [6.07, 6.45) is 42.3. The normalized spacial score (nSPS) is 18.2. The zero-order valence-electron chi connectivity index (χ0n) is 47.4. The molecule has 6 unspecified atom stereocenters. The number of carboxylic acid groups (broad SMARTS) is 1. The van der Waals surface area contributed by atoms with Crippen molar-refractivity contribution in [2.75, 3.05) is 13.2 Å². The fraction of sp³-hybridized carbons (Fsp3) is 0.934. The minimum Gasteiger partial charge on any atom is -0.479 e. The first-order chi connectivity index (χ1) is 35.6. The molecule has 73 heavy (non-hydrogen) atoms. The van der Waals surface area contributed by atoms with E-state index in [4.69, 9.17) is 23.7 Å². The fourth-order valence-electron chi connectivity index (χ4n) is 9.90. The summed E-state index contributed by atoms with van der Waals surface area (Å²) in [6.45, 7) is 6.01. The Morgan fingerprint density at radius 1 is 0.397 bits per heavy atom. The third kappa shape index (κ3) is 40.6. The van der Waals surface area contributed by atoms with Crippen molar-refractivity contribution in [2.45, 2.75) is 353 Å². The lowest BCUT2D eigenvalue weighted by Crippen LogP contribution is -2.61. The van der Waals surface area contributed by atoms with Crippen LogP contribution in [0.1, 0.15) is 316 Å². The largest absolute Gasteiger partial charge is 0.479 e. The second-order valence-corrected chi connectivity index (χ2v) is 21.7. The summed E-state index contributed by atoms with van der Waals surface area (Å²) < 4.78 is 28.4. The van der Waals surface area contributed by atoms with Gasteiger partial charge in [0.15, 0.2) is 24.6 Å². The van der Waals surface area contributed by atoms with E-state index in [1.165, 1.54) is 193 Å². The predicted octanol–water partition coefficient (Wildman–Crippen LogP) is 15.9. The van der Waals surface area contributed by atoms with Gasteiger partial charge in [-0.2, -0.15) is 0 Å². The predicted molar refractivity (Wildman–Crippen MR) is 294 cm³/mol. The van der Waals surface area contributed by atoms with Gasteiger partial charge in [0, 0.05) is 19.3 Å². The van der Waals surface area contributed by atoms with Gasteiger partial charge in [0.2, 0.25) is 0 Å². The van der Waals surface area contributed by atoms with Gasteiger partial charge in [-0.05, 0) is 19.3 Å². The molecular formula is C61H114O12. The number of hydrogen-bond acceptors (Lipinski definition) is 11. The van der Waals surface area contributed by atoms with E-state index in [1.807, 2.05) is 0 Å². The third-order valence-corrected chi connectivity index (χ3v) is 14.7. The molecule has 6 atom stereocenters. The lowest BCUT2D eigenvalue weighted by molar-refractivity contribution is -0.301. The van der Waals surface area contributed by atoms with Crippen molar-refractivity contribution in [2.24, 2.45) is 0 Å². The smallest absolute Gasteiger partial charge is 0.335 e. The van der Waals surface area contributed by atoms with Gasteiger partial charge < -0.3 is 39.0 Å². The van der Waals surface area contributed by atoms with Crippen molar-refractivity contribution in [1.82, 2.24) is 0 Å². The highest BCUT2D eigenvalue weighted by Crippen LogP contribution is 2.27. The zero-order valence-corrected chi connectivity index (χ0v) is 47.4. The van der Waals surface area contributed by atoms with Crippen LogP contribution >= 0.6 is 0 Å². The molecule has 0 aromatic carbocycles. The van der Waals surface area contributed by atoms with Crippen LogP contribution in [0.4, 0.5) is 0 Å². The van der Waals surface area contributed by atoms with Crippen molar-refractivity contribution in [3.05, 3.63) is 0 Å². The molecule has 0 radical (unpaired) electrons. The quantitative estimate of drug-likeness (QED) is 0.0299. The van der Waals surface area contributed by atoms with Gasteiger partial charge in [0.05, 0.1) is 6.61 Å².